The average Bonchev–Trinajstić information content (AvgIpc) is 3.18. The largest absolute Gasteiger partial charge is 0.397 e. The van der Waals surface area contributed by atoms with E-state index < -0.39 is 0 Å². The first-order valence-electron chi connectivity index (χ1n) is 10.8. The number of rotatable bonds is 4. The van der Waals surface area contributed by atoms with Gasteiger partial charge in [-0.3, -0.25) is 4.79 Å². The highest BCUT2D eigenvalue weighted by molar-refractivity contribution is 7.21. The molecule has 4 nitrogen and oxygen atoms in total. The van der Waals surface area contributed by atoms with Gasteiger partial charge in [-0.25, -0.2) is 9.37 Å². The number of benzene rings is 3. The number of aryl methyl sites for hydroxylation is 2. The van der Waals surface area contributed by atoms with Gasteiger partial charge in [-0.15, -0.1) is 11.3 Å². The molecule has 0 aliphatic rings. The van der Waals surface area contributed by atoms with Crippen LogP contribution in [0.3, 0.4) is 0 Å². The first-order chi connectivity index (χ1) is 16.4. The monoisotopic (exact) mass is 467 g/mol. The maximum Gasteiger partial charge on any atom is 0.267 e. The minimum absolute atomic E-state index is 0.279. The minimum Gasteiger partial charge on any atom is -0.397 e. The summed E-state index contributed by atoms with van der Waals surface area (Å²) in [6.45, 7) is 3.97. The third-order valence-electron chi connectivity index (χ3n) is 5.76. The lowest BCUT2D eigenvalue weighted by Gasteiger charge is -2.10. The van der Waals surface area contributed by atoms with Crippen LogP contribution in [0.15, 0.2) is 78.9 Å². The first kappa shape index (κ1) is 21.8. The van der Waals surface area contributed by atoms with Crippen LogP contribution in [0.1, 0.15) is 20.8 Å². The second-order valence-electron chi connectivity index (χ2n) is 8.23. The third-order valence-corrected chi connectivity index (χ3v) is 6.86. The number of fused-ring (bicyclic) bond motifs is 1. The summed E-state index contributed by atoms with van der Waals surface area (Å²) in [4.78, 5) is 19.1. The number of hydrogen-bond donors (Lipinski definition) is 2. The van der Waals surface area contributed by atoms with Crippen LogP contribution in [-0.4, -0.2) is 10.9 Å². The number of carbonyl (C=O) groups excluding carboxylic acids is 1. The fraction of sp³-hybridized carbons (Fsp3) is 0.0714. The summed E-state index contributed by atoms with van der Waals surface area (Å²) >= 11 is 1.26. The molecule has 0 bridgehead atoms. The van der Waals surface area contributed by atoms with Gasteiger partial charge >= 0.3 is 0 Å². The van der Waals surface area contributed by atoms with Gasteiger partial charge in [0.1, 0.15) is 15.5 Å². The maximum atomic E-state index is 13.6. The van der Waals surface area contributed by atoms with E-state index in [0.29, 0.717) is 20.8 Å². The molecule has 1 amide bonds. The lowest BCUT2D eigenvalue weighted by molar-refractivity contribution is 0.103. The Labute approximate surface area is 200 Å². The lowest BCUT2D eigenvalue weighted by Crippen LogP contribution is -2.12. The molecule has 0 aliphatic heterocycles. The second kappa shape index (κ2) is 8.72. The summed E-state index contributed by atoms with van der Waals surface area (Å²) in [7, 11) is 0. The van der Waals surface area contributed by atoms with Gasteiger partial charge in [0.05, 0.1) is 11.4 Å². The van der Waals surface area contributed by atoms with Crippen LogP contribution in [0.4, 0.5) is 15.8 Å². The summed E-state index contributed by atoms with van der Waals surface area (Å²) in [5, 5.41) is 3.68. The molecule has 0 unspecified atom stereocenters. The quantitative estimate of drug-likeness (QED) is 0.293. The second-order valence-corrected chi connectivity index (χ2v) is 9.22. The zero-order valence-corrected chi connectivity index (χ0v) is 19.5. The van der Waals surface area contributed by atoms with E-state index in [4.69, 9.17) is 10.7 Å². The lowest BCUT2D eigenvalue weighted by atomic mass is 9.99. The van der Waals surface area contributed by atoms with Gasteiger partial charge in [0.25, 0.3) is 5.91 Å². The van der Waals surface area contributed by atoms with Gasteiger partial charge < -0.3 is 11.1 Å². The van der Waals surface area contributed by atoms with Crippen LogP contribution in [0.5, 0.6) is 0 Å². The predicted octanol–water partition coefficient (Wildman–Crippen LogP) is 7.22. The molecule has 5 aromatic rings. The van der Waals surface area contributed by atoms with Crippen molar-refractivity contribution in [2.45, 2.75) is 13.8 Å². The van der Waals surface area contributed by atoms with Crippen LogP contribution in [0.2, 0.25) is 0 Å². The summed E-state index contributed by atoms with van der Waals surface area (Å²) in [5.41, 5.74) is 13.1. The van der Waals surface area contributed by atoms with Gasteiger partial charge in [-0.2, -0.15) is 0 Å². The smallest absolute Gasteiger partial charge is 0.267 e. The van der Waals surface area contributed by atoms with Crippen LogP contribution in [0.25, 0.3) is 32.6 Å². The Morgan fingerprint density at radius 1 is 0.941 bits per heavy atom. The molecule has 0 atom stereocenters. The van der Waals surface area contributed by atoms with E-state index in [1.54, 1.807) is 12.1 Å². The zero-order chi connectivity index (χ0) is 23.8. The summed E-state index contributed by atoms with van der Waals surface area (Å²) in [5.74, 6) is -0.595. The number of aromatic nitrogens is 1. The molecule has 0 saturated heterocycles. The van der Waals surface area contributed by atoms with E-state index in [-0.39, 0.29) is 11.7 Å². The molecular weight excluding hydrogens is 445 g/mol. The van der Waals surface area contributed by atoms with Crippen LogP contribution < -0.4 is 11.1 Å². The van der Waals surface area contributed by atoms with Crippen LogP contribution >= 0.6 is 11.3 Å². The Bertz CT molecular complexity index is 1530. The van der Waals surface area contributed by atoms with Crippen molar-refractivity contribution < 1.29 is 9.18 Å². The zero-order valence-electron chi connectivity index (χ0n) is 18.7. The van der Waals surface area contributed by atoms with E-state index in [9.17, 15) is 9.18 Å². The molecule has 2 aromatic heterocycles. The number of amides is 1. The number of nitrogens with zero attached hydrogens (tertiary/aromatic N) is 1. The van der Waals surface area contributed by atoms with Gasteiger partial charge in [0.15, 0.2) is 0 Å². The van der Waals surface area contributed by atoms with Crippen molar-refractivity contribution in [3.8, 4) is 22.4 Å². The van der Waals surface area contributed by atoms with Gasteiger partial charge in [-0.1, -0.05) is 60.2 Å². The Kier molecular flexibility index (Phi) is 5.59. The topological polar surface area (TPSA) is 68.0 Å². The van der Waals surface area contributed by atoms with Crippen molar-refractivity contribution in [2.24, 2.45) is 0 Å². The molecule has 0 aliphatic carbocycles. The molecule has 3 N–H and O–H groups in total. The van der Waals surface area contributed by atoms with Crippen molar-refractivity contribution in [3.05, 3.63) is 101 Å². The summed E-state index contributed by atoms with van der Waals surface area (Å²) in [6.07, 6.45) is 0. The highest BCUT2D eigenvalue weighted by Crippen LogP contribution is 2.41. The fourth-order valence-corrected chi connectivity index (χ4v) is 5.05. The van der Waals surface area contributed by atoms with Gasteiger partial charge in [-0.05, 0) is 54.8 Å². The standard InChI is InChI=1S/C28H22FN3OS/c1-16-8-13-22(17(2)14-16)31-27(33)26-25(30)24-21(18-9-11-20(29)12-10-18)15-23(32-28(24)34-26)19-6-4-3-5-7-19/h3-15H,30H2,1-2H3,(H,31,33). The van der Waals surface area contributed by atoms with Crippen molar-refractivity contribution in [1.82, 2.24) is 4.98 Å². The van der Waals surface area contributed by atoms with Crippen LogP contribution in [0, 0.1) is 19.7 Å². The van der Waals surface area contributed by atoms with Crippen LogP contribution in [-0.2, 0) is 0 Å². The Morgan fingerprint density at radius 2 is 1.68 bits per heavy atom. The number of nitrogens with two attached hydrogens (primary N) is 1. The molecule has 0 fully saturated rings. The molecule has 168 valence electrons. The number of anilines is 2. The summed E-state index contributed by atoms with van der Waals surface area (Å²) < 4.78 is 13.6. The molecule has 2 heterocycles. The van der Waals surface area contributed by atoms with E-state index in [1.807, 2.05) is 68.4 Å². The Morgan fingerprint density at radius 3 is 2.38 bits per heavy atom. The molecule has 0 spiro atoms. The number of pyridine rings is 1. The number of thiophene rings is 1. The highest BCUT2D eigenvalue weighted by atomic mass is 32.1. The number of halogens is 1. The molecule has 0 saturated carbocycles. The normalized spacial score (nSPS) is 11.0. The molecule has 5 rings (SSSR count). The first-order valence-corrected chi connectivity index (χ1v) is 11.7. The van der Waals surface area contributed by atoms with E-state index in [2.05, 4.69) is 5.32 Å². The molecular formula is C28H22FN3OS. The average molecular weight is 468 g/mol. The SMILES string of the molecule is Cc1ccc(NC(=O)c2sc3nc(-c4ccccc4)cc(-c4ccc(F)cc4)c3c2N)c(C)c1. The number of carbonyl (C=O) groups is 1. The van der Waals surface area contributed by atoms with E-state index in [0.717, 1.165) is 39.2 Å². The van der Waals surface area contributed by atoms with Crippen molar-refractivity contribution in [1.29, 1.82) is 0 Å². The molecule has 3 aromatic carbocycles. The van der Waals surface area contributed by atoms with Crippen molar-refractivity contribution in [2.75, 3.05) is 11.1 Å². The number of nitrogens with one attached hydrogen (secondary N) is 1. The molecule has 34 heavy (non-hydrogen) atoms. The Hall–Kier alpha value is -4.03. The van der Waals surface area contributed by atoms with E-state index in [1.165, 1.54) is 23.5 Å². The predicted molar refractivity (Wildman–Crippen MR) is 139 cm³/mol. The number of hydrogen-bond acceptors (Lipinski definition) is 4. The molecule has 6 heteroatoms. The molecule has 0 radical (unpaired) electrons. The summed E-state index contributed by atoms with van der Waals surface area (Å²) in [6, 6.07) is 23.9. The third kappa shape index (κ3) is 4.04. The highest BCUT2D eigenvalue weighted by Gasteiger charge is 2.22. The van der Waals surface area contributed by atoms with E-state index >= 15 is 0 Å². The maximum absolute atomic E-state index is 13.6. The van der Waals surface area contributed by atoms with Crippen molar-refractivity contribution in [3.63, 3.8) is 0 Å². The van der Waals surface area contributed by atoms with Gasteiger partial charge in [0, 0.05) is 16.6 Å². The number of nitrogen functional groups attached to an aromatic ring is 1. The van der Waals surface area contributed by atoms with Crippen molar-refractivity contribution >= 4 is 38.8 Å². The fourth-order valence-electron chi connectivity index (χ4n) is 4.04. The Balaban J connectivity index is 1.66. The van der Waals surface area contributed by atoms with Gasteiger partial charge in [0.2, 0.25) is 0 Å². The minimum atomic E-state index is -0.316.